The standard InChI is InChI=1S/C16H11BrF3N3/c17-11-5-6-14-12(7-11)15(23-9-22-14)21-8-10-3-1-2-4-13(10)16(18,19)20/h1-7,9H,8H2,(H,21,22,23). The number of hydrogen-bond donors (Lipinski definition) is 1. The van der Waals surface area contributed by atoms with Crippen LogP contribution >= 0.6 is 15.9 Å². The van der Waals surface area contributed by atoms with Crippen LogP contribution in [0.1, 0.15) is 11.1 Å². The number of rotatable bonds is 3. The molecule has 3 nitrogen and oxygen atoms in total. The second-order valence-corrected chi connectivity index (χ2v) is 5.81. The molecule has 0 fully saturated rings. The van der Waals surface area contributed by atoms with Gasteiger partial charge in [-0.3, -0.25) is 0 Å². The Morgan fingerprint density at radius 2 is 1.83 bits per heavy atom. The first-order valence-electron chi connectivity index (χ1n) is 6.74. The van der Waals surface area contributed by atoms with Crippen molar-refractivity contribution in [2.24, 2.45) is 0 Å². The zero-order chi connectivity index (χ0) is 16.4. The summed E-state index contributed by atoms with van der Waals surface area (Å²) in [5, 5.41) is 3.71. The number of benzene rings is 2. The molecule has 23 heavy (non-hydrogen) atoms. The van der Waals surface area contributed by atoms with Crippen LogP contribution in [-0.2, 0) is 12.7 Å². The van der Waals surface area contributed by atoms with Crippen molar-refractivity contribution in [2.75, 3.05) is 5.32 Å². The molecule has 0 saturated heterocycles. The fourth-order valence-corrected chi connectivity index (χ4v) is 2.66. The van der Waals surface area contributed by atoms with Crippen molar-refractivity contribution in [2.45, 2.75) is 12.7 Å². The van der Waals surface area contributed by atoms with Crippen LogP contribution < -0.4 is 5.32 Å². The summed E-state index contributed by atoms with van der Waals surface area (Å²) in [6.45, 7) is 0.0221. The van der Waals surface area contributed by atoms with E-state index in [1.54, 1.807) is 6.07 Å². The van der Waals surface area contributed by atoms with Crippen LogP contribution in [-0.4, -0.2) is 9.97 Å². The van der Waals surface area contributed by atoms with E-state index < -0.39 is 11.7 Å². The molecule has 1 heterocycles. The van der Waals surface area contributed by atoms with E-state index in [0.717, 1.165) is 21.4 Å². The molecule has 0 unspecified atom stereocenters. The topological polar surface area (TPSA) is 37.8 Å². The van der Waals surface area contributed by atoms with Crippen molar-refractivity contribution >= 4 is 32.7 Å². The lowest BCUT2D eigenvalue weighted by Gasteiger charge is -2.14. The van der Waals surface area contributed by atoms with Gasteiger partial charge in [0, 0.05) is 16.4 Å². The number of halogens is 4. The summed E-state index contributed by atoms with van der Waals surface area (Å²) in [6.07, 6.45) is -3.00. The molecule has 0 bridgehead atoms. The quantitative estimate of drug-likeness (QED) is 0.691. The average Bonchev–Trinajstić information content (AvgIpc) is 2.52. The molecule has 0 atom stereocenters. The maximum atomic E-state index is 13.0. The van der Waals surface area contributed by atoms with E-state index in [-0.39, 0.29) is 12.1 Å². The van der Waals surface area contributed by atoms with Gasteiger partial charge in [-0.1, -0.05) is 34.1 Å². The summed E-state index contributed by atoms with van der Waals surface area (Å²) in [5.74, 6) is 0.494. The van der Waals surface area contributed by atoms with Gasteiger partial charge in [0.2, 0.25) is 0 Å². The Hall–Kier alpha value is -2.15. The smallest absolute Gasteiger partial charge is 0.365 e. The molecule has 3 aromatic rings. The van der Waals surface area contributed by atoms with E-state index in [0.29, 0.717) is 5.82 Å². The minimum atomic E-state index is -4.38. The highest BCUT2D eigenvalue weighted by Crippen LogP contribution is 2.32. The summed E-state index contributed by atoms with van der Waals surface area (Å²) in [7, 11) is 0. The molecule has 0 aliphatic carbocycles. The Morgan fingerprint density at radius 3 is 2.61 bits per heavy atom. The van der Waals surface area contributed by atoms with Crippen molar-refractivity contribution in [3.63, 3.8) is 0 Å². The highest BCUT2D eigenvalue weighted by molar-refractivity contribution is 9.10. The fraction of sp³-hybridized carbons (Fsp3) is 0.125. The SMILES string of the molecule is FC(F)(F)c1ccccc1CNc1ncnc2ccc(Br)cc12. The van der Waals surface area contributed by atoms with Crippen LogP contribution in [0.3, 0.4) is 0 Å². The highest BCUT2D eigenvalue weighted by atomic mass is 79.9. The van der Waals surface area contributed by atoms with Gasteiger partial charge in [-0.2, -0.15) is 13.2 Å². The first kappa shape index (κ1) is 15.7. The van der Waals surface area contributed by atoms with Gasteiger partial charge in [-0.05, 0) is 29.8 Å². The van der Waals surface area contributed by atoms with Crippen molar-refractivity contribution in [1.29, 1.82) is 0 Å². The summed E-state index contributed by atoms with van der Waals surface area (Å²) in [5.41, 5.74) is 0.239. The summed E-state index contributed by atoms with van der Waals surface area (Å²) < 4.78 is 39.9. The fourth-order valence-electron chi connectivity index (χ4n) is 2.30. The molecule has 0 aliphatic rings. The number of alkyl halides is 3. The minimum Gasteiger partial charge on any atom is -0.365 e. The maximum Gasteiger partial charge on any atom is 0.416 e. The minimum absolute atomic E-state index is 0.0221. The molecule has 1 N–H and O–H groups in total. The predicted molar refractivity (Wildman–Crippen MR) is 86.0 cm³/mol. The molecule has 1 aromatic heterocycles. The van der Waals surface area contributed by atoms with Crippen LogP contribution in [0, 0.1) is 0 Å². The van der Waals surface area contributed by atoms with E-state index in [1.165, 1.54) is 18.5 Å². The average molecular weight is 382 g/mol. The van der Waals surface area contributed by atoms with Gasteiger partial charge < -0.3 is 5.32 Å². The molecule has 0 aliphatic heterocycles. The molecular formula is C16H11BrF3N3. The molecule has 7 heteroatoms. The maximum absolute atomic E-state index is 13.0. The normalized spacial score (nSPS) is 11.7. The molecule has 0 amide bonds. The number of fused-ring (bicyclic) bond motifs is 1. The van der Waals surface area contributed by atoms with E-state index >= 15 is 0 Å². The monoisotopic (exact) mass is 381 g/mol. The van der Waals surface area contributed by atoms with Gasteiger partial charge in [-0.25, -0.2) is 9.97 Å². The summed E-state index contributed by atoms with van der Waals surface area (Å²) in [4.78, 5) is 8.27. The lowest BCUT2D eigenvalue weighted by Crippen LogP contribution is -2.12. The highest BCUT2D eigenvalue weighted by Gasteiger charge is 2.32. The second kappa shape index (κ2) is 6.16. The molecule has 118 valence electrons. The van der Waals surface area contributed by atoms with E-state index in [4.69, 9.17) is 0 Å². The lowest BCUT2D eigenvalue weighted by atomic mass is 10.1. The number of anilines is 1. The van der Waals surface area contributed by atoms with Gasteiger partial charge in [0.15, 0.2) is 0 Å². The molecular weight excluding hydrogens is 371 g/mol. The van der Waals surface area contributed by atoms with Gasteiger partial charge in [-0.15, -0.1) is 0 Å². The zero-order valence-corrected chi connectivity index (χ0v) is 13.3. The molecule has 2 aromatic carbocycles. The molecule has 3 rings (SSSR count). The van der Waals surface area contributed by atoms with Crippen LogP contribution in [0.25, 0.3) is 10.9 Å². The summed E-state index contributed by atoms with van der Waals surface area (Å²) >= 11 is 3.37. The predicted octanol–water partition coefficient (Wildman–Crippen LogP) is 5.02. The molecule has 0 saturated carbocycles. The van der Waals surface area contributed by atoms with Crippen molar-refractivity contribution < 1.29 is 13.2 Å². The third kappa shape index (κ3) is 3.44. The lowest BCUT2D eigenvalue weighted by molar-refractivity contribution is -0.138. The number of nitrogens with zero attached hydrogens (tertiary/aromatic N) is 2. The Bertz CT molecular complexity index is 849. The summed E-state index contributed by atoms with van der Waals surface area (Å²) in [6, 6.07) is 11.0. The van der Waals surface area contributed by atoms with Crippen molar-refractivity contribution in [1.82, 2.24) is 9.97 Å². The van der Waals surface area contributed by atoms with Gasteiger partial charge in [0.1, 0.15) is 12.1 Å². The molecule has 0 radical (unpaired) electrons. The first-order chi connectivity index (χ1) is 10.9. The Morgan fingerprint density at radius 1 is 1.04 bits per heavy atom. The number of hydrogen-bond acceptors (Lipinski definition) is 3. The number of aromatic nitrogens is 2. The van der Waals surface area contributed by atoms with E-state index in [2.05, 4.69) is 31.2 Å². The third-order valence-corrected chi connectivity index (χ3v) is 3.86. The Kier molecular flexibility index (Phi) is 4.21. The van der Waals surface area contributed by atoms with Gasteiger partial charge in [0.05, 0.1) is 11.1 Å². The second-order valence-electron chi connectivity index (χ2n) is 4.89. The Labute approximate surface area is 138 Å². The van der Waals surface area contributed by atoms with E-state index in [9.17, 15) is 13.2 Å². The zero-order valence-electron chi connectivity index (χ0n) is 11.7. The van der Waals surface area contributed by atoms with Gasteiger partial charge >= 0.3 is 6.18 Å². The number of nitrogens with one attached hydrogen (secondary N) is 1. The van der Waals surface area contributed by atoms with Crippen LogP contribution in [0.15, 0.2) is 53.3 Å². The van der Waals surface area contributed by atoms with Gasteiger partial charge in [0.25, 0.3) is 0 Å². The Balaban J connectivity index is 1.92. The van der Waals surface area contributed by atoms with Crippen molar-refractivity contribution in [3.05, 3.63) is 64.4 Å². The first-order valence-corrected chi connectivity index (χ1v) is 7.54. The van der Waals surface area contributed by atoms with Crippen LogP contribution in [0.4, 0.5) is 19.0 Å². The molecule has 0 spiro atoms. The third-order valence-electron chi connectivity index (χ3n) is 3.37. The van der Waals surface area contributed by atoms with Crippen LogP contribution in [0.5, 0.6) is 0 Å². The van der Waals surface area contributed by atoms with E-state index in [1.807, 2.05) is 18.2 Å². The van der Waals surface area contributed by atoms with Crippen molar-refractivity contribution in [3.8, 4) is 0 Å². The largest absolute Gasteiger partial charge is 0.416 e. The van der Waals surface area contributed by atoms with Crippen LogP contribution in [0.2, 0.25) is 0 Å².